The highest BCUT2D eigenvalue weighted by molar-refractivity contribution is 5.47. The third-order valence-corrected chi connectivity index (χ3v) is 2.45. The Hall–Kier alpha value is -2.80. The number of rotatable bonds is 3. The second kappa shape index (κ2) is 13.2. The van der Waals surface area contributed by atoms with E-state index >= 15 is 0 Å². The number of benzene rings is 2. The number of aliphatic hydroxyl groups excluding tert-OH is 1. The van der Waals surface area contributed by atoms with Crippen molar-refractivity contribution in [3.63, 3.8) is 0 Å². The van der Waals surface area contributed by atoms with Crippen LogP contribution < -0.4 is 0 Å². The molecular formula is C21H24O. The molecule has 0 saturated carbocycles. The van der Waals surface area contributed by atoms with Gasteiger partial charge in [0.25, 0.3) is 0 Å². The largest absolute Gasteiger partial charge is 0.516 e. The van der Waals surface area contributed by atoms with Gasteiger partial charge < -0.3 is 5.11 Å². The summed E-state index contributed by atoms with van der Waals surface area (Å²) in [5.41, 5.74) is 3.21. The molecule has 1 N–H and O–H groups in total. The van der Waals surface area contributed by atoms with E-state index in [-0.39, 0.29) is 0 Å². The Labute approximate surface area is 134 Å². The number of hydrogen-bond acceptors (Lipinski definition) is 1. The molecule has 2 rings (SSSR count). The predicted molar refractivity (Wildman–Crippen MR) is 99.6 cm³/mol. The van der Waals surface area contributed by atoms with Crippen LogP contribution in [-0.4, -0.2) is 5.11 Å². The highest BCUT2D eigenvalue weighted by Gasteiger charge is 1.78. The van der Waals surface area contributed by atoms with Crippen molar-refractivity contribution in [2.75, 3.05) is 0 Å². The Morgan fingerprint density at radius 1 is 0.864 bits per heavy atom. The van der Waals surface area contributed by atoms with Gasteiger partial charge in [0, 0.05) is 0 Å². The molecule has 0 atom stereocenters. The molecule has 0 saturated heterocycles. The van der Waals surface area contributed by atoms with Gasteiger partial charge in [0.1, 0.15) is 0 Å². The highest BCUT2D eigenvalue weighted by Crippen LogP contribution is 1.99. The summed E-state index contributed by atoms with van der Waals surface area (Å²) in [5, 5.41) is 8.34. The van der Waals surface area contributed by atoms with Crippen LogP contribution in [0.2, 0.25) is 0 Å². The summed E-state index contributed by atoms with van der Waals surface area (Å²) in [6.45, 7) is 12.6. The Bertz CT molecular complexity index is 565. The van der Waals surface area contributed by atoms with Gasteiger partial charge in [-0.1, -0.05) is 98.1 Å². The molecule has 0 spiro atoms. The number of allylic oxidation sites excluding steroid dienone is 2. The van der Waals surface area contributed by atoms with Crippen molar-refractivity contribution in [2.45, 2.75) is 6.92 Å². The van der Waals surface area contributed by atoms with E-state index in [2.05, 4.69) is 19.7 Å². The molecule has 2 aromatic carbocycles. The van der Waals surface area contributed by atoms with Gasteiger partial charge in [-0.3, -0.25) is 0 Å². The first-order chi connectivity index (χ1) is 10.6. The summed E-state index contributed by atoms with van der Waals surface area (Å²) in [6, 6.07) is 19.7. The van der Waals surface area contributed by atoms with Crippen LogP contribution in [0.4, 0.5) is 0 Å². The summed E-state index contributed by atoms with van der Waals surface area (Å²) in [5.74, 6) is 0. The molecule has 0 amide bonds. The van der Waals surface area contributed by atoms with Crippen LogP contribution in [-0.2, 0) is 0 Å². The van der Waals surface area contributed by atoms with E-state index in [0.717, 1.165) is 17.4 Å². The van der Waals surface area contributed by atoms with Crippen molar-refractivity contribution in [1.29, 1.82) is 0 Å². The Balaban J connectivity index is 0.000000315. The average Bonchev–Trinajstić information content (AvgIpc) is 2.58. The SMILES string of the molecule is C=CC(=C)C.C=Cc1ccccc1.OC=Cc1ccccc1. The van der Waals surface area contributed by atoms with Gasteiger partial charge in [-0.2, -0.15) is 0 Å². The predicted octanol–water partition coefficient (Wildman–Crippen LogP) is 6.29. The maximum absolute atomic E-state index is 8.34. The second-order valence-corrected chi connectivity index (χ2v) is 4.39. The quantitative estimate of drug-likeness (QED) is 0.520. The summed E-state index contributed by atoms with van der Waals surface area (Å²) in [4.78, 5) is 0. The van der Waals surface area contributed by atoms with E-state index in [1.807, 2.05) is 73.7 Å². The van der Waals surface area contributed by atoms with E-state index in [1.54, 1.807) is 12.2 Å². The van der Waals surface area contributed by atoms with Crippen LogP contribution in [0.15, 0.2) is 98.3 Å². The first-order valence-corrected chi connectivity index (χ1v) is 6.95. The lowest BCUT2D eigenvalue weighted by Gasteiger charge is -1.86. The van der Waals surface area contributed by atoms with Crippen LogP contribution in [0.25, 0.3) is 12.2 Å². The van der Waals surface area contributed by atoms with Crippen molar-refractivity contribution in [2.24, 2.45) is 0 Å². The van der Waals surface area contributed by atoms with Crippen molar-refractivity contribution in [3.05, 3.63) is 109 Å². The van der Waals surface area contributed by atoms with Crippen LogP contribution in [0.1, 0.15) is 18.1 Å². The van der Waals surface area contributed by atoms with Crippen LogP contribution in [0, 0.1) is 0 Å². The fourth-order valence-electron chi connectivity index (χ4n) is 1.24. The normalized spacial score (nSPS) is 8.77. The van der Waals surface area contributed by atoms with Gasteiger partial charge in [-0.15, -0.1) is 0 Å². The van der Waals surface area contributed by atoms with Gasteiger partial charge >= 0.3 is 0 Å². The molecule has 0 fully saturated rings. The summed E-state index contributed by atoms with van der Waals surface area (Å²) >= 11 is 0. The third kappa shape index (κ3) is 11.1. The van der Waals surface area contributed by atoms with Crippen molar-refractivity contribution >= 4 is 12.2 Å². The Morgan fingerprint density at radius 3 is 1.55 bits per heavy atom. The van der Waals surface area contributed by atoms with E-state index in [0.29, 0.717) is 0 Å². The fraction of sp³-hybridized carbons (Fsp3) is 0.0476. The monoisotopic (exact) mass is 292 g/mol. The molecule has 1 nitrogen and oxygen atoms in total. The lowest BCUT2D eigenvalue weighted by molar-refractivity contribution is 0.478. The molecule has 0 heterocycles. The average molecular weight is 292 g/mol. The molecule has 0 aliphatic carbocycles. The van der Waals surface area contributed by atoms with Gasteiger partial charge in [0.05, 0.1) is 6.26 Å². The van der Waals surface area contributed by atoms with E-state index in [1.165, 1.54) is 5.56 Å². The Morgan fingerprint density at radius 2 is 1.27 bits per heavy atom. The standard InChI is InChI=1S/C8H8O.C8H8.C5H8/c9-7-6-8-4-2-1-3-5-8;1-2-8-6-4-3-5-7-8;1-4-5(2)3/h1-7,9H;2-7H,1H2;4H,1-2H2,3H3. The van der Waals surface area contributed by atoms with Gasteiger partial charge in [-0.05, 0) is 24.1 Å². The molecule has 0 aliphatic heterocycles. The van der Waals surface area contributed by atoms with Gasteiger partial charge in [0.2, 0.25) is 0 Å². The zero-order valence-electron chi connectivity index (χ0n) is 13.2. The molecule has 0 aromatic heterocycles. The minimum absolute atomic E-state index is 1.01. The van der Waals surface area contributed by atoms with Crippen LogP contribution in [0.5, 0.6) is 0 Å². The lowest BCUT2D eigenvalue weighted by Crippen LogP contribution is -1.66. The zero-order valence-corrected chi connectivity index (χ0v) is 13.2. The zero-order chi connectivity index (χ0) is 16.6. The van der Waals surface area contributed by atoms with Crippen molar-refractivity contribution < 1.29 is 5.11 Å². The number of hydrogen-bond donors (Lipinski definition) is 1. The first kappa shape index (κ1) is 19.2. The third-order valence-electron chi connectivity index (χ3n) is 2.45. The van der Waals surface area contributed by atoms with E-state index in [9.17, 15) is 0 Å². The minimum atomic E-state index is 1.01. The molecule has 0 aliphatic rings. The fourth-order valence-corrected chi connectivity index (χ4v) is 1.24. The van der Waals surface area contributed by atoms with Crippen molar-refractivity contribution in [1.82, 2.24) is 0 Å². The number of aliphatic hydroxyl groups is 1. The maximum Gasteiger partial charge on any atom is 0.0797 e. The molecule has 2 aromatic rings. The molecule has 22 heavy (non-hydrogen) atoms. The Kier molecular flexibility index (Phi) is 11.5. The topological polar surface area (TPSA) is 20.2 Å². The van der Waals surface area contributed by atoms with Crippen molar-refractivity contribution in [3.8, 4) is 0 Å². The molecule has 1 heteroatoms. The van der Waals surface area contributed by atoms with Gasteiger partial charge in [0.15, 0.2) is 0 Å². The second-order valence-electron chi connectivity index (χ2n) is 4.39. The van der Waals surface area contributed by atoms with E-state index in [4.69, 9.17) is 5.11 Å². The van der Waals surface area contributed by atoms with E-state index < -0.39 is 0 Å². The molecule has 0 radical (unpaired) electrons. The molecule has 114 valence electrons. The smallest absolute Gasteiger partial charge is 0.0797 e. The molecule has 0 bridgehead atoms. The molecule has 0 unspecified atom stereocenters. The van der Waals surface area contributed by atoms with Crippen LogP contribution >= 0.6 is 0 Å². The summed E-state index contributed by atoms with van der Waals surface area (Å²) in [7, 11) is 0. The first-order valence-electron chi connectivity index (χ1n) is 6.95. The summed E-state index contributed by atoms with van der Waals surface area (Å²) < 4.78 is 0. The summed E-state index contributed by atoms with van der Waals surface area (Å²) in [6.07, 6.45) is 6.23. The van der Waals surface area contributed by atoms with Gasteiger partial charge in [-0.25, -0.2) is 0 Å². The lowest BCUT2D eigenvalue weighted by atomic mass is 10.2. The molecular weight excluding hydrogens is 268 g/mol. The van der Waals surface area contributed by atoms with Crippen LogP contribution in [0.3, 0.4) is 0 Å². The maximum atomic E-state index is 8.34. The minimum Gasteiger partial charge on any atom is -0.516 e. The highest BCUT2D eigenvalue weighted by atomic mass is 16.2.